The van der Waals surface area contributed by atoms with Gasteiger partial charge in [-0.3, -0.25) is 4.79 Å². The highest BCUT2D eigenvalue weighted by Crippen LogP contribution is 2.25. The highest BCUT2D eigenvalue weighted by Gasteiger charge is 2.45. The SMILES string of the molecule is Cc1ccc(NC(=O)[C@H](F)C(F)(F)F)cc1Cl. The van der Waals surface area contributed by atoms with E-state index in [2.05, 4.69) is 0 Å². The van der Waals surface area contributed by atoms with Crippen LogP contribution in [0.5, 0.6) is 0 Å². The second-order valence-electron chi connectivity index (χ2n) is 3.36. The van der Waals surface area contributed by atoms with Gasteiger partial charge in [0, 0.05) is 10.7 Å². The maximum absolute atomic E-state index is 12.6. The predicted molar refractivity (Wildman–Crippen MR) is 55.8 cm³/mol. The van der Waals surface area contributed by atoms with Gasteiger partial charge in [0.2, 0.25) is 0 Å². The van der Waals surface area contributed by atoms with E-state index < -0.39 is 18.3 Å². The molecule has 1 aromatic rings. The lowest BCUT2D eigenvalue weighted by molar-refractivity contribution is -0.183. The topological polar surface area (TPSA) is 29.1 Å². The average Bonchev–Trinajstić information content (AvgIpc) is 2.21. The summed E-state index contributed by atoms with van der Waals surface area (Å²) in [5.41, 5.74) is 0.704. The van der Waals surface area contributed by atoms with E-state index in [9.17, 15) is 22.4 Å². The molecule has 0 saturated heterocycles. The molecule has 17 heavy (non-hydrogen) atoms. The van der Waals surface area contributed by atoms with Crippen molar-refractivity contribution in [1.29, 1.82) is 0 Å². The zero-order chi connectivity index (χ0) is 13.2. The zero-order valence-corrected chi connectivity index (χ0v) is 9.36. The van der Waals surface area contributed by atoms with Gasteiger partial charge in [-0.1, -0.05) is 17.7 Å². The summed E-state index contributed by atoms with van der Waals surface area (Å²) in [6, 6.07) is 4.08. The van der Waals surface area contributed by atoms with Crippen LogP contribution in [0.25, 0.3) is 0 Å². The van der Waals surface area contributed by atoms with Crippen molar-refractivity contribution in [2.45, 2.75) is 19.3 Å². The number of anilines is 1. The molecule has 0 aliphatic heterocycles. The first-order valence-electron chi connectivity index (χ1n) is 4.49. The fourth-order valence-electron chi connectivity index (χ4n) is 1.02. The quantitative estimate of drug-likeness (QED) is 0.818. The number of benzene rings is 1. The second kappa shape index (κ2) is 4.91. The van der Waals surface area contributed by atoms with Crippen LogP contribution in [0.4, 0.5) is 23.2 Å². The lowest BCUT2D eigenvalue weighted by atomic mass is 10.2. The first-order valence-corrected chi connectivity index (χ1v) is 4.87. The molecule has 0 heterocycles. The Hall–Kier alpha value is -1.30. The molecule has 1 rings (SSSR count). The Kier molecular flexibility index (Phi) is 3.98. The third-order valence-corrected chi connectivity index (χ3v) is 2.36. The van der Waals surface area contributed by atoms with Crippen molar-refractivity contribution in [3.63, 3.8) is 0 Å². The molecule has 0 spiro atoms. The average molecular weight is 270 g/mol. The van der Waals surface area contributed by atoms with E-state index in [-0.39, 0.29) is 10.7 Å². The Bertz CT molecular complexity index is 433. The highest BCUT2D eigenvalue weighted by atomic mass is 35.5. The molecule has 1 atom stereocenters. The molecule has 0 aliphatic rings. The molecule has 0 bridgehead atoms. The Labute approximate surface area is 99.6 Å². The largest absolute Gasteiger partial charge is 0.428 e. The lowest BCUT2D eigenvalue weighted by Crippen LogP contribution is -2.36. The Morgan fingerprint density at radius 3 is 2.47 bits per heavy atom. The van der Waals surface area contributed by atoms with Crippen molar-refractivity contribution in [3.05, 3.63) is 28.8 Å². The van der Waals surface area contributed by atoms with Gasteiger partial charge in [-0.05, 0) is 24.6 Å². The van der Waals surface area contributed by atoms with E-state index in [0.29, 0.717) is 5.56 Å². The number of halogens is 5. The normalized spacial score (nSPS) is 13.3. The monoisotopic (exact) mass is 269 g/mol. The minimum atomic E-state index is -5.21. The predicted octanol–water partition coefficient (Wildman–Crippen LogP) is 3.49. The highest BCUT2D eigenvalue weighted by molar-refractivity contribution is 6.31. The van der Waals surface area contributed by atoms with Crippen LogP contribution < -0.4 is 5.32 Å². The van der Waals surface area contributed by atoms with Crippen molar-refractivity contribution in [2.24, 2.45) is 0 Å². The van der Waals surface area contributed by atoms with Crippen molar-refractivity contribution in [1.82, 2.24) is 0 Å². The molecule has 94 valence electrons. The number of aryl methyl sites for hydroxylation is 1. The molecule has 1 amide bonds. The van der Waals surface area contributed by atoms with E-state index in [4.69, 9.17) is 11.6 Å². The maximum atomic E-state index is 12.6. The number of hydrogen-bond acceptors (Lipinski definition) is 1. The Morgan fingerprint density at radius 1 is 1.41 bits per heavy atom. The molecule has 2 nitrogen and oxygen atoms in total. The molecule has 7 heteroatoms. The van der Waals surface area contributed by atoms with Crippen LogP contribution >= 0.6 is 11.6 Å². The molecular formula is C10H8ClF4NO. The molecule has 0 aliphatic carbocycles. The zero-order valence-electron chi connectivity index (χ0n) is 8.61. The van der Waals surface area contributed by atoms with Gasteiger partial charge in [-0.25, -0.2) is 4.39 Å². The summed E-state index contributed by atoms with van der Waals surface area (Å²) in [5.74, 6) is -1.77. The fourth-order valence-corrected chi connectivity index (χ4v) is 1.21. The van der Waals surface area contributed by atoms with Crippen LogP contribution in [0.15, 0.2) is 18.2 Å². The number of carbonyl (C=O) groups is 1. The second-order valence-corrected chi connectivity index (χ2v) is 3.76. The molecular weight excluding hydrogens is 262 g/mol. The van der Waals surface area contributed by atoms with E-state index in [1.807, 2.05) is 0 Å². The maximum Gasteiger partial charge on any atom is 0.428 e. The molecule has 0 saturated carbocycles. The first-order chi connectivity index (χ1) is 7.71. The summed E-state index contributed by atoms with van der Waals surface area (Å²) in [4.78, 5) is 10.9. The van der Waals surface area contributed by atoms with Gasteiger partial charge in [0.15, 0.2) is 0 Å². The van der Waals surface area contributed by atoms with Crippen molar-refractivity contribution >= 4 is 23.2 Å². The molecule has 0 unspecified atom stereocenters. The number of amides is 1. The van der Waals surface area contributed by atoms with Crippen LogP contribution in [0.3, 0.4) is 0 Å². The van der Waals surface area contributed by atoms with Gasteiger partial charge >= 0.3 is 6.18 Å². The van der Waals surface area contributed by atoms with E-state index in [1.165, 1.54) is 18.2 Å². The lowest BCUT2D eigenvalue weighted by Gasteiger charge is -2.12. The standard InChI is InChI=1S/C10H8ClF4NO/c1-5-2-3-6(4-7(5)11)16-9(17)8(12)10(13,14)15/h2-4,8H,1H3,(H,16,17)/t8-/m0/s1. The van der Waals surface area contributed by atoms with Gasteiger partial charge in [0.25, 0.3) is 12.1 Å². The van der Waals surface area contributed by atoms with Gasteiger partial charge in [-0.2, -0.15) is 13.2 Å². The first kappa shape index (κ1) is 13.8. The van der Waals surface area contributed by atoms with Crippen LogP contribution in [0.2, 0.25) is 5.02 Å². The van der Waals surface area contributed by atoms with Crippen molar-refractivity contribution in [2.75, 3.05) is 5.32 Å². The number of alkyl halides is 4. The van der Waals surface area contributed by atoms with E-state index >= 15 is 0 Å². The molecule has 0 radical (unpaired) electrons. The number of carbonyl (C=O) groups excluding carboxylic acids is 1. The van der Waals surface area contributed by atoms with E-state index in [1.54, 1.807) is 12.2 Å². The van der Waals surface area contributed by atoms with Gasteiger partial charge < -0.3 is 5.32 Å². The van der Waals surface area contributed by atoms with Crippen LogP contribution in [-0.2, 0) is 4.79 Å². The third-order valence-electron chi connectivity index (χ3n) is 1.96. The minimum Gasteiger partial charge on any atom is -0.323 e. The van der Waals surface area contributed by atoms with Crippen LogP contribution in [0.1, 0.15) is 5.56 Å². The Balaban J connectivity index is 2.78. The van der Waals surface area contributed by atoms with Crippen LogP contribution in [-0.4, -0.2) is 18.3 Å². The van der Waals surface area contributed by atoms with E-state index in [0.717, 1.165) is 0 Å². The van der Waals surface area contributed by atoms with Crippen LogP contribution in [0, 0.1) is 6.92 Å². The third kappa shape index (κ3) is 3.59. The number of nitrogens with one attached hydrogen (secondary N) is 1. The molecule has 1 N–H and O–H groups in total. The smallest absolute Gasteiger partial charge is 0.323 e. The summed E-state index contributed by atoms with van der Waals surface area (Å²) in [7, 11) is 0. The van der Waals surface area contributed by atoms with Gasteiger partial charge in [0.05, 0.1) is 0 Å². The summed E-state index contributed by atoms with van der Waals surface area (Å²) in [5, 5.41) is 2.07. The Morgan fingerprint density at radius 2 is 2.00 bits per heavy atom. The molecule has 0 aromatic heterocycles. The molecule has 0 fully saturated rings. The summed E-state index contributed by atoms with van der Waals surface area (Å²) < 4.78 is 48.3. The summed E-state index contributed by atoms with van der Waals surface area (Å²) >= 11 is 5.70. The van der Waals surface area contributed by atoms with Gasteiger partial charge in [-0.15, -0.1) is 0 Å². The minimum absolute atomic E-state index is 0.0116. The number of rotatable bonds is 2. The van der Waals surface area contributed by atoms with Crippen molar-refractivity contribution in [3.8, 4) is 0 Å². The fraction of sp³-hybridized carbons (Fsp3) is 0.300. The van der Waals surface area contributed by atoms with Gasteiger partial charge in [0.1, 0.15) is 0 Å². The molecule has 1 aromatic carbocycles. The summed E-state index contributed by atoms with van der Waals surface area (Å²) in [6.45, 7) is 1.68. The summed E-state index contributed by atoms with van der Waals surface area (Å²) in [6.07, 6.45) is -8.76. The van der Waals surface area contributed by atoms with Crippen molar-refractivity contribution < 1.29 is 22.4 Å². The number of hydrogen-bond donors (Lipinski definition) is 1.